The van der Waals surface area contributed by atoms with Crippen molar-refractivity contribution in [3.63, 3.8) is 0 Å². The van der Waals surface area contributed by atoms with Crippen molar-refractivity contribution >= 4 is 0 Å². The largest absolute Gasteiger partial charge is 0.292 e. The third-order valence-corrected chi connectivity index (χ3v) is 5.72. The summed E-state index contributed by atoms with van der Waals surface area (Å²) in [5.41, 5.74) is 2.90. The minimum Gasteiger partial charge on any atom is -0.292 e. The number of hydrogen-bond donors (Lipinski definition) is 0. The van der Waals surface area contributed by atoms with Crippen LogP contribution in [0.25, 0.3) is 0 Å². The van der Waals surface area contributed by atoms with Crippen molar-refractivity contribution in [1.82, 2.24) is 4.90 Å². The van der Waals surface area contributed by atoms with Gasteiger partial charge in [0.2, 0.25) is 0 Å². The van der Waals surface area contributed by atoms with Crippen LogP contribution in [0.1, 0.15) is 43.2 Å². The molecule has 0 spiro atoms. The van der Waals surface area contributed by atoms with Crippen molar-refractivity contribution in [2.24, 2.45) is 11.8 Å². The molecular weight excluding hydrogens is 278 g/mol. The standard InChI is InChI=1S/C22H27N/c1-3-9-18(10-4-1)16-23(17-19-11-5-2-6-12-19)22-14-8-7-13-20-15-21(20)22/h1-6,9-12,20-22H,7-8,13-17H2. The number of rotatable bonds is 5. The first kappa shape index (κ1) is 15.0. The normalized spacial score (nSPS) is 26.6. The van der Waals surface area contributed by atoms with E-state index in [4.69, 9.17) is 0 Å². The molecule has 3 unspecified atom stereocenters. The Morgan fingerprint density at radius 1 is 0.739 bits per heavy atom. The molecule has 0 aliphatic heterocycles. The Morgan fingerprint density at radius 2 is 1.30 bits per heavy atom. The molecule has 2 saturated carbocycles. The van der Waals surface area contributed by atoms with Crippen LogP contribution >= 0.6 is 0 Å². The van der Waals surface area contributed by atoms with E-state index < -0.39 is 0 Å². The van der Waals surface area contributed by atoms with E-state index in [0.717, 1.165) is 31.0 Å². The van der Waals surface area contributed by atoms with Crippen LogP contribution in [0.4, 0.5) is 0 Å². The lowest BCUT2D eigenvalue weighted by Gasteiger charge is -2.32. The van der Waals surface area contributed by atoms with Crippen molar-refractivity contribution in [3.8, 4) is 0 Å². The summed E-state index contributed by atoms with van der Waals surface area (Å²) >= 11 is 0. The molecule has 0 saturated heterocycles. The molecule has 2 aliphatic rings. The maximum atomic E-state index is 2.76. The fraction of sp³-hybridized carbons (Fsp3) is 0.455. The molecule has 2 aliphatic carbocycles. The Kier molecular flexibility index (Phi) is 4.48. The van der Waals surface area contributed by atoms with Gasteiger partial charge in [0.05, 0.1) is 0 Å². The lowest BCUT2D eigenvalue weighted by Crippen LogP contribution is -2.36. The molecule has 2 aromatic carbocycles. The van der Waals surface area contributed by atoms with Gasteiger partial charge in [-0.15, -0.1) is 0 Å². The van der Waals surface area contributed by atoms with Gasteiger partial charge in [0.1, 0.15) is 0 Å². The molecule has 1 heteroatoms. The molecule has 0 heterocycles. The zero-order valence-corrected chi connectivity index (χ0v) is 13.9. The molecule has 0 N–H and O–H groups in total. The molecule has 120 valence electrons. The first-order valence-corrected chi connectivity index (χ1v) is 9.22. The van der Waals surface area contributed by atoms with E-state index in [2.05, 4.69) is 65.6 Å². The molecule has 4 rings (SSSR count). The molecule has 23 heavy (non-hydrogen) atoms. The Labute approximate surface area is 140 Å². The first-order chi connectivity index (χ1) is 11.4. The van der Waals surface area contributed by atoms with Crippen molar-refractivity contribution in [3.05, 3.63) is 71.8 Å². The second-order valence-electron chi connectivity index (χ2n) is 7.39. The Morgan fingerprint density at radius 3 is 1.91 bits per heavy atom. The topological polar surface area (TPSA) is 3.24 Å². The molecule has 1 nitrogen and oxygen atoms in total. The van der Waals surface area contributed by atoms with Crippen molar-refractivity contribution < 1.29 is 0 Å². The molecule has 2 fully saturated rings. The average molecular weight is 305 g/mol. The van der Waals surface area contributed by atoms with E-state index in [-0.39, 0.29) is 0 Å². The Bertz CT molecular complexity index is 565. The lowest BCUT2D eigenvalue weighted by molar-refractivity contribution is 0.147. The average Bonchev–Trinajstić information content (AvgIpc) is 3.36. The maximum Gasteiger partial charge on any atom is 0.0240 e. The van der Waals surface area contributed by atoms with Crippen LogP contribution < -0.4 is 0 Å². The highest BCUT2D eigenvalue weighted by molar-refractivity contribution is 5.18. The summed E-state index contributed by atoms with van der Waals surface area (Å²) in [6, 6.07) is 22.8. The highest BCUT2D eigenvalue weighted by atomic mass is 15.2. The van der Waals surface area contributed by atoms with E-state index in [1.54, 1.807) is 0 Å². The number of nitrogens with zero attached hydrogens (tertiary/aromatic N) is 1. The number of fused-ring (bicyclic) bond motifs is 1. The fourth-order valence-electron chi connectivity index (χ4n) is 4.43. The van der Waals surface area contributed by atoms with E-state index in [0.29, 0.717) is 0 Å². The van der Waals surface area contributed by atoms with Gasteiger partial charge >= 0.3 is 0 Å². The summed E-state index contributed by atoms with van der Waals surface area (Å²) in [7, 11) is 0. The van der Waals surface area contributed by atoms with E-state index in [9.17, 15) is 0 Å². The van der Waals surface area contributed by atoms with Gasteiger partial charge in [-0.1, -0.05) is 79.9 Å². The van der Waals surface area contributed by atoms with Crippen LogP contribution in [0.5, 0.6) is 0 Å². The Balaban J connectivity index is 1.55. The van der Waals surface area contributed by atoms with Gasteiger partial charge in [-0.25, -0.2) is 0 Å². The second kappa shape index (κ2) is 6.88. The zero-order chi connectivity index (χ0) is 15.5. The summed E-state index contributed by atoms with van der Waals surface area (Å²) in [4.78, 5) is 2.76. The summed E-state index contributed by atoms with van der Waals surface area (Å²) < 4.78 is 0. The summed E-state index contributed by atoms with van der Waals surface area (Å²) in [5, 5.41) is 0. The predicted molar refractivity (Wildman–Crippen MR) is 96.0 cm³/mol. The van der Waals surface area contributed by atoms with Crippen LogP contribution in [0.15, 0.2) is 60.7 Å². The van der Waals surface area contributed by atoms with Crippen molar-refractivity contribution in [2.45, 2.75) is 51.2 Å². The van der Waals surface area contributed by atoms with Gasteiger partial charge in [-0.3, -0.25) is 4.90 Å². The Hall–Kier alpha value is -1.60. The molecule has 0 bridgehead atoms. The summed E-state index contributed by atoms with van der Waals surface area (Å²) in [5.74, 6) is 1.99. The van der Waals surface area contributed by atoms with Crippen LogP contribution in [-0.4, -0.2) is 10.9 Å². The SMILES string of the molecule is c1ccc(CN(Cc2ccccc2)C2CCCCC3CC32)cc1. The third-order valence-electron chi connectivity index (χ3n) is 5.72. The van der Waals surface area contributed by atoms with Crippen LogP contribution in [0.3, 0.4) is 0 Å². The zero-order valence-electron chi connectivity index (χ0n) is 13.9. The van der Waals surface area contributed by atoms with Crippen LogP contribution in [-0.2, 0) is 13.1 Å². The lowest BCUT2D eigenvalue weighted by atomic mass is 10.0. The molecule has 0 amide bonds. The summed E-state index contributed by atoms with van der Waals surface area (Å²) in [6.07, 6.45) is 7.21. The molecule has 2 aromatic rings. The van der Waals surface area contributed by atoms with Gasteiger partial charge < -0.3 is 0 Å². The van der Waals surface area contributed by atoms with Crippen molar-refractivity contribution in [1.29, 1.82) is 0 Å². The van der Waals surface area contributed by atoms with E-state index in [1.165, 1.54) is 43.2 Å². The van der Waals surface area contributed by atoms with Crippen LogP contribution in [0.2, 0.25) is 0 Å². The molecule has 0 radical (unpaired) electrons. The van der Waals surface area contributed by atoms with E-state index >= 15 is 0 Å². The number of hydrogen-bond acceptors (Lipinski definition) is 1. The third kappa shape index (κ3) is 3.67. The predicted octanol–water partition coefficient (Wildman–Crippen LogP) is 5.27. The van der Waals surface area contributed by atoms with Gasteiger partial charge in [0.25, 0.3) is 0 Å². The van der Waals surface area contributed by atoms with Crippen molar-refractivity contribution in [2.75, 3.05) is 0 Å². The maximum absolute atomic E-state index is 2.76. The second-order valence-corrected chi connectivity index (χ2v) is 7.39. The van der Waals surface area contributed by atoms with Gasteiger partial charge in [-0.2, -0.15) is 0 Å². The van der Waals surface area contributed by atoms with Gasteiger partial charge in [0, 0.05) is 19.1 Å². The molecular formula is C22H27N. The minimum atomic E-state index is 0.780. The smallest absolute Gasteiger partial charge is 0.0240 e. The minimum absolute atomic E-state index is 0.780. The van der Waals surface area contributed by atoms with Gasteiger partial charge in [0.15, 0.2) is 0 Å². The monoisotopic (exact) mass is 305 g/mol. The fourth-order valence-corrected chi connectivity index (χ4v) is 4.43. The van der Waals surface area contributed by atoms with Crippen LogP contribution in [0, 0.1) is 11.8 Å². The number of benzene rings is 2. The van der Waals surface area contributed by atoms with Gasteiger partial charge in [-0.05, 0) is 35.8 Å². The quantitative estimate of drug-likeness (QED) is 0.727. The summed E-state index contributed by atoms with van der Waals surface area (Å²) in [6.45, 7) is 2.17. The molecule has 0 aromatic heterocycles. The molecule has 3 atom stereocenters. The van der Waals surface area contributed by atoms with E-state index in [1.807, 2.05) is 0 Å². The first-order valence-electron chi connectivity index (χ1n) is 9.22. The highest BCUT2D eigenvalue weighted by Gasteiger charge is 2.45. The highest BCUT2D eigenvalue weighted by Crippen LogP contribution is 2.50.